The molecule has 2 heterocycles. The normalized spacial score (nSPS) is 16.9. The van der Waals surface area contributed by atoms with Crippen LogP contribution in [0.2, 0.25) is 0 Å². The summed E-state index contributed by atoms with van der Waals surface area (Å²) in [5, 5.41) is 2.85. The van der Waals surface area contributed by atoms with Crippen molar-refractivity contribution in [2.75, 3.05) is 11.9 Å². The topological polar surface area (TPSA) is 71.5 Å². The summed E-state index contributed by atoms with van der Waals surface area (Å²) in [5.41, 5.74) is 2.10. The van der Waals surface area contributed by atoms with Crippen molar-refractivity contribution in [2.45, 2.75) is 45.2 Å². The Morgan fingerprint density at radius 3 is 2.63 bits per heavy atom. The summed E-state index contributed by atoms with van der Waals surface area (Å²) in [5.74, 6) is -2.26. The Kier molecular flexibility index (Phi) is 5.17. The molecule has 1 aliphatic heterocycles. The number of hydrogen-bond acceptors (Lipinski definition) is 4. The zero-order valence-electron chi connectivity index (χ0n) is 16.8. The number of benzene rings is 1. The van der Waals surface area contributed by atoms with Gasteiger partial charge in [0.1, 0.15) is 11.6 Å². The monoisotopic (exact) mass is 415 g/mol. The number of pyridine rings is 1. The standard InChI is InChI=1S/C22H23F2N3O3/c1-13(14-5-7-16(8-6-14)30-12-22(2,23)24)27-11-18-17(21(27)29)9-10-25-19(18)26-20(28)15-3-4-15/h5-10,13,15H,3-4,11-12H2,1-2H3,(H,25,26,28). The van der Waals surface area contributed by atoms with Gasteiger partial charge in [-0.2, -0.15) is 0 Å². The highest BCUT2D eigenvalue weighted by molar-refractivity contribution is 6.02. The third-order valence-corrected chi connectivity index (χ3v) is 5.39. The maximum atomic E-state index is 13.0. The fraction of sp³-hybridized carbons (Fsp3) is 0.409. The number of anilines is 1. The largest absolute Gasteiger partial charge is 0.487 e. The molecule has 1 atom stereocenters. The van der Waals surface area contributed by atoms with E-state index >= 15 is 0 Å². The number of carbonyl (C=O) groups is 2. The Bertz CT molecular complexity index is 969. The molecule has 0 radical (unpaired) electrons. The molecule has 1 aromatic carbocycles. The number of nitrogens with zero attached hydrogens (tertiary/aromatic N) is 2. The lowest BCUT2D eigenvalue weighted by molar-refractivity contribution is -0.117. The summed E-state index contributed by atoms with van der Waals surface area (Å²) in [6.45, 7) is 2.35. The van der Waals surface area contributed by atoms with Gasteiger partial charge in [0.2, 0.25) is 5.91 Å². The molecule has 2 aromatic rings. The summed E-state index contributed by atoms with van der Waals surface area (Å²) < 4.78 is 31.0. The van der Waals surface area contributed by atoms with E-state index in [9.17, 15) is 18.4 Å². The first-order valence-corrected chi connectivity index (χ1v) is 9.93. The molecule has 2 aliphatic rings. The SMILES string of the molecule is CC(c1ccc(OCC(C)(F)F)cc1)N1Cc2c(ccnc2NC(=O)C2CC2)C1=O. The Morgan fingerprint density at radius 2 is 2.00 bits per heavy atom. The Morgan fingerprint density at radius 1 is 1.30 bits per heavy atom. The van der Waals surface area contributed by atoms with E-state index in [-0.39, 0.29) is 23.8 Å². The highest BCUT2D eigenvalue weighted by Crippen LogP contribution is 2.36. The van der Waals surface area contributed by atoms with Gasteiger partial charge in [-0.3, -0.25) is 9.59 Å². The van der Waals surface area contributed by atoms with Gasteiger partial charge in [-0.1, -0.05) is 12.1 Å². The smallest absolute Gasteiger partial charge is 0.278 e. The Hall–Kier alpha value is -3.03. The second-order valence-corrected chi connectivity index (χ2v) is 7.99. The van der Waals surface area contributed by atoms with E-state index in [1.54, 1.807) is 35.2 Å². The Balaban J connectivity index is 1.47. The molecule has 1 unspecified atom stereocenters. The van der Waals surface area contributed by atoms with E-state index in [0.29, 0.717) is 29.2 Å². The summed E-state index contributed by atoms with van der Waals surface area (Å²) in [7, 11) is 0. The van der Waals surface area contributed by atoms with E-state index < -0.39 is 12.5 Å². The first-order valence-electron chi connectivity index (χ1n) is 9.93. The zero-order valence-corrected chi connectivity index (χ0v) is 16.8. The summed E-state index contributed by atoms with van der Waals surface area (Å²) in [6.07, 6.45) is 3.31. The molecule has 30 heavy (non-hydrogen) atoms. The predicted molar refractivity (Wildman–Crippen MR) is 106 cm³/mol. The number of ether oxygens (including phenoxy) is 1. The molecule has 8 heteroatoms. The second kappa shape index (κ2) is 7.66. The van der Waals surface area contributed by atoms with Crippen molar-refractivity contribution in [1.82, 2.24) is 9.88 Å². The van der Waals surface area contributed by atoms with Gasteiger partial charge in [-0.25, -0.2) is 13.8 Å². The fourth-order valence-corrected chi connectivity index (χ4v) is 3.47. The number of aromatic nitrogens is 1. The molecular formula is C22H23F2N3O3. The van der Waals surface area contributed by atoms with Crippen LogP contribution >= 0.6 is 0 Å². The summed E-state index contributed by atoms with van der Waals surface area (Å²) in [4.78, 5) is 31.1. The molecule has 1 N–H and O–H groups in total. The average Bonchev–Trinajstić information content (AvgIpc) is 3.50. The number of amides is 2. The van der Waals surface area contributed by atoms with Crippen LogP contribution in [-0.2, 0) is 11.3 Å². The minimum absolute atomic E-state index is 0.0446. The number of nitrogens with one attached hydrogen (secondary N) is 1. The molecule has 6 nitrogen and oxygen atoms in total. The van der Waals surface area contributed by atoms with Gasteiger partial charge in [0.15, 0.2) is 6.61 Å². The van der Waals surface area contributed by atoms with Crippen molar-refractivity contribution in [3.63, 3.8) is 0 Å². The van der Waals surface area contributed by atoms with Gasteiger partial charge in [-0.15, -0.1) is 0 Å². The van der Waals surface area contributed by atoms with Crippen LogP contribution in [0.3, 0.4) is 0 Å². The molecule has 1 aliphatic carbocycles. The van der Waals surface area contributed by atoms with Crippen molar-refractivity contribution < 1.29 is 23.1 Å². The highest BCUT2D eigenvalue weighted by atomic mass is 19.3. The lowest BCUT2D eigenvalue weighted by atomic mass is 10.1. The van der Waals surface area contributed by atoms with E-state index in [4.69, 9.17) is 4.74 Å². The van der Waals surface area contributed by atoms with Gasteiger partial charge in [0.25, 0.3) is 11.8 Å². The van der Waals surface area contributed by atoms with Crippen LogP contribution in [0.4, 0.5) is 14.6 Å². The number of alkyl halides is 2. The summed E-state index contributed by atoms with van der Waals surface area (Å²) in [6, 6.07) is 8.18. The van der Waals surface area contributed by atoms with Gasteiger partial charge in [0.05, 0.1) is 12.6 Å². The number of hydrogen-bond donors (Lipinski definition) is 1. The van der Waals surface area contributed by atoms with Gasteiger partial charge >= 0.3 is 0 Å². The fourth-order valence-electron chi connectivity index (χ4n) is 3.47. The van der Waals surface area contributed by atoms with Gasteiger partial charge in [-0.05, 0) is 43.5 Å². The molecule has 2 amide bonds. The van der Waals surface area contributed by atoms with Crippen molar-refractivity contribution in [2.24, 2.45) is 5.92 Å². The average molecular weight is 415 g/mol. The van der Waals surface area contributed by atoms with Crippen molar-refractivity contribution in [3.8, 4) is 5.75 Å². The first kappa shape index (κ1) is 20.3. The molecule has 1 saturated carbocycles. The summed E-state index contributed by atoms with van der Waals surface area (Å²) >= 11 is 0. The maximum absolute atomic E-state index is 13.0. The third kappa shape index (κ3) is 4.27. The van der Waals surface area contributed by atoms with Crippen molar-refractivity contribution in [3.05, 3.63) is 53.2 Å². The lowest BCUT2D eigenvalue weighted by Crippen LogP contribution is -2.27. The number of rotatable bonds is 7. The minimum atomic E-state index is -2.90. The lowest BCUT2D eigenvalue weighted by Gasteiger charge is -2.25. The molecule has 1 aromatic heterocycles. The second-order valence-electron chi connectivity index (χ2n) is 7.99. The number of carbonyl (C=O) groups excluding carboxylic acids is 2. The van der Waals surface area contributed by atoms with Crippen LogP contribution in [-0.4, -0.2) is 34.2 Å². The number of halogens is 2. The number of fused-ring (bicyclic) bond motifs is 1. The zero-order chi connectivity index (χ0) is 21.5. The molecule has 0 bridgehead atoms. The van der Waals surface area contributed by atoms with Crippen LogP contribution < -0.4 is 10.1 Å². The van der Waals surface area contributed by atoms with E-state index in [1.807, 2.05) is 6.92 Å². The Labute approximate surface area is 173 Å². The van der Waals surface area contributed by atoms with Gasteiger partial charge < -0.3 is 15.0 Å². The van der Waals surface area contributed by atoms with Crippen LogP contribution in [0.1, 0.15) is 54.2 Å². The minimum Gasteiger partial charge on any atom is -0.487 e. The van der Waals surface area contributed by atoms with Crippen molar-refractivity contribution >= 4 is 17.6 Å². The van der Waals surface area contributed by atoms with Crippen LogP contribution in [0.15, 0.2) is 36.5 Å². The van der Waals surface area contributed by atoms with Crippen molar-refractivity contribution in [1.29, 1.82) is 0 Å². The molecular weight excluding hydrogens is 392 g/mol. The molecule has 158 valence electrons. The maximum Gasteiger partial charge on any atom is 0.278 e. The van der Waals surface area contributed by atoms with E-state index in [0.717, 1.165) is 25.3 Å². The van der Waals surface area contributed by atoms with Gasteiger partial charge in [0, 0.05) is 30.2 Å². The molecule has 4 rings (SSSR count). The van der Waals surface area contributed by atoms with E-state index in [1.165, 1.54) is 6.20 Å². The van der Waals surface area contributed by atoms with Crippen LogP contribution in [0.5, 0.6) is 5.75 Å². The molecule has 0 saturated heterocycles. The molecule has 1 fully saturated rings. The third-order valence-electron chi connectivity index (χ3n) is 5.39. The highest BCUT2D eigenvalue weighted by Gasteiger charge is 2.35. The van der Waals surface area contributed by atoms with E-state index in [2.05, 4.69) is 10.3 Å². The predicted octanol–water partition coefficient (Wildman–Crippen LogP) is 4.18. The molecule has 0 spiro atoms. The quantitative estimate of drug-likeness (QED) is 0.736. The van der Waals surface area contributed by atoms with Crippen LogP contribution in [0, 0.1) is 5.92 Å². The first-order chi connectivity index (χ1) is 14.2. The van der Waals surface area contributed by atoms with Crippen LogP contribution in [0.25, 0.3) is 0 Å².